The van der Waals surface area contributed by atoms with E-state index in [1.165, 1.54) is 6.33 Å². The van der Waals surface area contributed by atoms with Crippen LogP contribution in [0, 0.1) is 0 Å². The summed E-state index contributed by atoms with van der Waals surface area (Å²) in [6.45, 7) is 8.26. The summed E-state index contributed by atoms with van der Waals surface area (Å²) in [5.74, 6) is 1.80. The quantitative estimate of drug-likeness (QED) is 0.0883. The molecule has 0 saturated carbocycles. The second-order valence-electron chi connectivity index (χ2n) is 13.3. The van der Waals surface area contributed by atoms with Crippen LogP contribution in [0.4, 0.5) is 5.82 Å². The van der Waals surface area contributed by atoms with Gasteiger partial charge in [0.25, 0.3) is 0 Å². The zero-order valence-corrected chi connectivity index (χ0v) is 30.9. The van der Waals surface area contributed by atoms with Crippen molar-refractivity contribution < 1.29 is 27.8 Å². The number of nitrogens with zero attached hydrogens (tertiary/aromatic N) is 5. The van der Waals surface area contributed by atoms with Crippen molar-refractivity contribution in [3.8, 4) is 11.5 Å². The number of nitrogen functional groups attached to an aromatic ring is 1. The Bertz CT molecular complexity index is 1880. The number of anilines is 1. The molecule has 270 valence electrons. The highest BCUT2D eigenvalue weighted by atomic mass is 31.2. The lowest BCUT2D eigenvalue weighted by Crippen LogP contribution is -2.40. The van der Waals surface area contributed by atoms with Gasteiger partial charge in [0.2, 0.25) is 0 Å². The van der Waals surface area contributed by atoms with Crippen molar-refractivity contribution in [2.24, 2.45) is 0 Å². The normalized spacial score (nSPS) is 17.1. The molecule has 0 spiro atoms. The van der Waals surface area contributed by atoms with Crippen LogP contribution in [-0.2, 0) is 24.0 Å². The lowest BCUT2D eigenvalue weighted by atomic mass is 9.80. The molecule has 13 heteroatoms. The minimum Gasteiger partial charge on any atom is -0.497 e. The molecule has 0 bridgehead atoms. The number of hydrogen-bond acceptors (Lipinski definition) is 11. The smallest absolute Gasteiger partial charge is 0.345 e. The van der Waals surface area contributed by atoms with Gasteiger partial charge in [-0.25, -0.2) is 15.0 Å². The Hall–Kier alpha value is -4.32. The average Bonchev–Trinajstić information content (AvgIpc) is 3.73. The van der Waals surface area contributed by atoms with E-state index in [9.17, 15) is 4.57 Å². The van der Waals surface area contributed by atoms with Crippen LogP contribution in [0.5, 0.6) is 11.5 Å². The first-order valence-electron chi connectivity index (χ1n) is 17.2. The molecule has 0 amide bonds. The van der Waals surface area contributed by atoms with E-state index in [1.54, 1.807) is 20.5 Å². The molecule has 0 aliphatic carbocycles. The van der Waals surface area contributed by atoms with Gasteiger partial charge in [0, 0.05) is 12.6 Å². The van der Waals surface area contributed by atoms with Crippen LogP contribution in [0.3, 0.4) is 0 Å². The van der Waals surface area contributed by atoms with Crippen LogP contribution in [0.25, 0.3) is 11.2 Å². The summed E-state index contributed by atoms with van der Waals surface area (Å²) in [5, 5.41) is 0. The van der Waals surface area contributed by atoms with Gasteiger partial charge in [-0.2, -0.15) is 0 Å². The number of rotatable bonds is 15. The number of fused-ring (bicyclic) bond motifs is 1. The summed E-state index contributed by atoms with van der Waals surface area (Å²) in [5.41, 5.74) is 9.11. The van der Waals surface area contributed by atoms with Crippen LogP contribution in [0.1, 0.15) is 56.8 Å². The lowest BCUT2D eigenvalue weighted by Gasteiger charge is -2.38. The molecule has 5 aromatic rings. The van der Waals surface area contributed by atoms with Crippen LogP contribution < -0.4 is 15.2 Å². The molecule has 1 aliphatic heterocycles. The number of methoxy groups -OCH3 is 2. The van der Waals surface area contributed by atoms with Crippen LogP contribution in [-0.4, -0.2) is 76.3 Å². The zero-order chi connectivity index (χ0) is 36.2. The summed E-state index contributed by atoms with van der Waals surface area (Å²) < 4.78 is 46.9. The highest BCUT2D eigenvalue weighted by molar-refractivity contribution is 7.53. The second-order valence-corrected chi connectivity index (χ2v) is 15.2. The summed E-state index contributed by atoms with van der Waals surface area (Å²) in [6.07, 6.45) is 3.34. The molecule has 0 unspecified atom stereocenters. The Morgan fingerprint density at radius 2 is 1.39 bits per heavy atom. The third kappa shape index (κ3) is 7.80. The van der Waals surface area contributed by atoms with Crippen LogP contribution in [0.15, 0.2) is 91.5 Å². The molecule has 1 saturated heterocycles. The maximum absolute atomic E-state index is 14.4. The maximum Gasteiger partial charge on any atom is 0.345 e. The molecule has 3 aromatic carbocycles. The van der Waals surface area contributed by atoms with Crippen LogP contribution >= 0.6 is 7.60 Å². The van der Waals surface area contributed by atoms with E-state index >= 15 is 0 Å². The van der Waals surface area contributed by atoms with Crippen molar-refractivity contribution >= 4 is 24.6 Å². The van der Waals surface area contributed by atoms with E-state index in [2.05, 4.69) is 32.0 Å². The molecule has 2 atom stereocenters. The van der Waals surface area contributed by atoms with Gasteiger partial charge in [0.05, 0.1) is 45.4 Å². The number of likely N-dealkylation sites (tertiary alicyclic amines) is 1. The third-order valence-corrected chi connectivity index (χ3v) is 11.2. The minimum absolute atomic E-state index is 0.0844. The fraction of sp³-hybridized carbons (Fsp3) is 0.395. The Morgan fingerprint density at radius 3 is 1.94 bits per heavy atom. The monoisotopic (exact) mass is 714 g/mol. The fourth-order valence-electron chi connectivity index (χ4n) is 6.89. The van der Waals surface area contributed by atoms with Gasteiger partial charge in [-0.1, -0.05) is 54.6 Å². The molecule has 2 N–H and O–H groups in total. The standard InChI is InChI=1S/C38H47N6O6P/c1-26(2)49-51(45,50-27(3)4)25-43-21-31(44-24-42-35-36(39)40-23-41-37(35)44)20-32(43)22-48-38(28-10-8-7-9-11-28,29-12-16-33(46-5)17-13-29)30-14-18-34(47-6)19-15-30/h7-19,23-24,26-27,31-32H,20-22,25H2,1-6H3,(H2,39,40,41)/t31-,32-/m1/s1. The van der Waals surface area contributed by atoms with Crippen molar-refractivity contribution in [3.05, 3.63) is 108 Å². The summed E-state index contributed by atoms with van der Waals surface area (Å²) in [6, 6.07) is 25.8. The molecule has 51 heavy (non-hydrogen) atoms. The molecule has 1 aliphatic rings. The first-order valence-corrected chi connectivity index (χ1v) is 18.9. The van der Waals surface area contributed by atoms with Gasteiger partial charge in [-0.15, -0.1) is 0 Å². The average molecular weight is 715 g/mol. The maximum atomic E-state index is 14.4. The molecule has 1 fully saturated rings. The number of hydrogen-bond donors (Lipinski definition) is 1. The zero-order valence-electron chi connectivity index (χ0n) is 30.0. The number of benzene rings is 3. The predicted octanol–water partition coefficient (Wildman–Crippen LogP) is 7.05. The highest BCUT2D eigenvalue weighted by Crippen LogP contribution is 2.53. The Kier molecular flexibility index (Phi) is 11.1. The van der Waals surface area contributed by atoms with Gasteiger partial charge in [0.1, 0.15) is 35.2 Å². The van der Waals surface area contributed by atoms with Gasteiger partial charge in [0.15, 0.2) is 11.5 Å². The van der Waals surface area contributed by atoms with Crippen molar-refractivity contribution in [2.75, 3.05) is 39.4 Å². The molecule has 6 rings (SSSR count). The predicted molar refractivity (Wildman–Crippen MR) is 197 cm³/mol. The minimum atomic E-state index is -3.56. The topological polar surface area (TPSA) is 136 Å². The van der Waals surface area contributed by atoms with Gasteiger partial charge < -0.3 is 33.6 Å². The molecule has 12 nitrogen and oxygen atoms in total. The van der Waals surface area contributed by atoms with E-state index in [4.69, 9.17) is 29.0 Å². The Morgan fingerprint density at radius 1 is 0.824 bits per heavy atom. The number of aromatic nitrogens is 4. The summed E-state index contributed by atoms with van der Waals surface area (Å²) in [7, 11) is -0.258. The first kappa shape index (κ1) is 36.5. The van der Waals surface area contributed by atoms with E-state index < -0.39 is 13.2 Å². The van der Waals surface area contributed by atoms with Crippen molar-refractivity contribution in [1.29, 1.82) is 0 Å². The fourth-order valence-corrected chi connectivity index (χ4v) is 9.15. The number of nitrogens with two attached hydrogens (primary N) is 1. The van der Waals surface area contributed by atoms with Gasteiger partial charge in [-0.05, 0) is 75.1 Å². The molecular formula is C38H47N6O6P. The summed E-state index contributed by atoms with van der Waals surface area (Å²) in [4.78, 5) is 15.3. The SMILES string of the molecule is COc1ccc(C(OC[C@H]2C[C@@H](n3cnc4c(N)ncnc43)CN2CP(=O)(OC(C)C)OC(C)C)(c2ccccc2)c2ccc(OC)cc2)cc1. The molecule has 2 aromatic heterocycles. The highest BCUT2D eigenvalue weighted by Gasteiger charge is 2.44. The van der Waals surface area contributed by atoms with E-state index in [0.717, 1.165) is 28.2 Å². The molecule has 3 heterocycles. The Labute approximate surface area is 299 Å². The molecule has 0 radical (unpaired) electrons. The Balaban J connectivity index is 1.43. The lowest BCUT2D eigenvalue weighted by molar-refractivity contribution is -0.0144. The van der Waals surface area contributed by atoms with Crippen LogP contribution in [0.2, 0.25) is 0 Å². The first-order chi connectivity index (χ1) is 24.5. The number of ether oxygens (including phenoxy) is 3. The third-order valence-electron chi connectivity index (χ3n) is 9.05. The summed E-state index contributed by atoms with van der Waals surface area (Å²) >= 11 is 0. The van der Waals surface area contributed by atoms with Crippen molar-refractivity contribution in [3.63, 3.8) is 0 Å². The number of imidazole rings is 1. The molecular weight excluding hydrogens is 667 g/mol. The van der Waals surface area contributed by atoms with E-state index in [1.807, 2.05) is 99.0 Å². The largest absolute Gasteiger partial charge is 0.497 e. The van der Waals surface area contributed by atoms with E-state index in [0.29, 0.717) is 29.9 Å². The van der Waals surface area contributed by atoms with Gasteiger partial charge in [-0.3, -0.25) is 9.46 Å². The van der Waals surface area contributed by atoms with Crippen molar-refractivity contribution in [1.82, 2.24) is 24.4 Å². The second kappa shape index (κ2) is 15.5. The van der Waals surface area contributed by atoms with E-state index in [-0.39, 0.29) is 37.2 Å². The van der Waals surface area contributed by atoms with Crippen molar-refractivity contribution in [2.45, 2.75) is 64.0 Å². The van der Waals surface area contributed by atoms with Gasteiger partial charge >= 0.3 is 7.60 Å².